The quantitative estimate of drug-likeness (QED) is 0.0970. The Bertz CT molecular complexity index is 3150. The second-order valence-corrected chi connectivity index (χ2v) is 41.0. The van der Waals surface area contributed by atoms with Gasteiger partial charge in [-0.2, -0.15) is 0 Å². The second-order valence-electron chi connectivity index (χ2n) is 40.7. The molecule has 12 fully saturated rings. The summed E-state index contributed by atoms with van der Waals surface area (Å²) in [5.41, 5.74) is 5.44. The molecule has 14 aliphatic rings. The summed E-state index contributed by atoms with van der Waals surface area (Å²) in [5.74, 6) is 10.8. The largest absolute Gasteiger partial charge is 0.497 e. The topological polar surface area (TPSA) is 170 Å². The second kappa shape index (κ2) is 30.9. The lowest BCUT2D eigenvalue weighted by atomic mass is 9.44. The fourth-order valence-electron chi connectivity index (χ4n) is 27.7. The third-order valence-corrected chi connectivity index (χ3v) is 34.6. The first-order valence-corrected chi connectivity index (χ1v) is 42.9. The molecule has 13 heteroatoms. The van der Waals surface area contributed by atoms with Crippen LogP contribution in [-0.4, -0.2) is 102 Å². The Morgan fingerprint density at radius 1 is 0.621 bits per heavy atom. The Balaban J connectivity index is 0.000000150. The number of carbonyl (C=O) groups is 2. The number of ketones is 2. The Morgan fingerprint density at radius 3 is 1.93 bits per heavy atom. The van der Waals surface area contributed by atoms with Crippen LogP contribution in [0.3, 0.4) is 0 Å². The minimum atomic E-state index is -0.660. The number of fused-ring (bicyclic) bond motifs is 15. The third kappa shape index (κ3) is 15.0. The number of hydrogen-bond donors (Lipinski definition) is 4. The fourth-order valence-corrected chi connectivity index (χ4v) is 27.9. The van der Waals surface area contributed by atoms with E-state index in [0.29, 0.717) is 130 Å². The van der Waals surface area contributed by atoms with Gasteiger partial charge < -0.3 is 48.6 Å². The van der Waals surface area contributed by atoms with Gasteiger partial charge in [0.05, 0.1) is 63.6 Å². The predicted octanol–water partition coefficient (Wildman–Crippen LogP) is 18.9. The zero-order valence-electron chi connectivity index (χ0n) is 66.8. The average molecular weight is 1450 g/mol. The molecule has 19 unspecified atom stereocenters. The van der Waals surface area contributed by atoms with E-state index in [0.717, 1.165) is 147 Å². The number of aliphatic hydroxyl groups excluding tert-OH is 4. The standard InChI is InChI=1S/C42H67O6P.C29H48O4.C19H28O2/c1-26(2)29(20-38-46-24-40(4,5)25-47-38)19-36(43)27(3)35-22-37(45-23-28-9-12-31(44-8)13-10-28)39-33-14-11-30-21-32(48-49)15-17-41(30,6)34(33)16-18-42(35,39)7;1-16(2)18-12-25(33-26(32)13-18)17(3)23-15-24(31)27-21-7-6-19-14-20(30)8-10-28(19,4)22(21)9-11-29(23,27)5;1-18-9-7-13(20)11-12(18)3-4-14-15-5-6-17(21)19(15,2)10-8-16(14)18/h9-13,26-27,29,32-39,43H,14-25,49H2,1-8H3;16-23,25-27,30,32H,6-15H2,1-5H3;3,13-16,20H,4-11H2,1-2H3/t27?,29?,32-,33?,34?,35?,36?,37+,39?,41-,42+;17?,18?,19?,20-,21?,22?,23?,25?,26?,27+,28-,29+;13-,14?,15?,16?,18-,19-/m000/s1. The molecule has 10 saturated carbocycles. The number of allylic oxidation sites excluding steroid dienone is 2. The maximum atomic E-state index is 13.7. The molecule has 103 heavy (non-hydrogen) atoms. The molecule has 12 nitrogen and oxygen atoms in total. The highest BCUT2D eigenvalue weighted by Crippen LogP contribution is 2.71. The highest BCUT2D eigenvalue weighted by Gasteiger charge is 2.67. The maximum Gasteiger partial charge on any atom is 0.157 e. The van der Waals surface area contributed by atoms with Crippen molar-refractivity contribution in [1.82, 2.24) is 0 Å². The summed E-state index contributed by atoms with van der Waals surface area (Å²) in [4.78, 5) is 26.1. The average Bonchev–Trinajstić information content (AvgIpc) is 1.58. The first kappa shape index (κ1) is 79.0. The smallest absolute Gasteiger partial charge is 0.157 e. The van der Waals surface area contributed by atoms with Crippen molar-refractivity contribution in [3.63, 3.8) is 0 Å². The minimum absolute atomic E-state index is 0.0168. The number of carbonyl (C=O) groups excluding carboxylic acids is 2. The molecule has 1 aromatic rings. The molecular formula is C90H143O12P. The van der Waals surface area contributed by atoms with Gasteiger partial charge in [-0.15, -0.1) is 0 Å². The zero-order chi connectivity index (χ0) is 73.7. The molecule has 0 radical (unpaired) electrons. The van der Waals surface area contributed by atoms with E-state index >= 15 is 0 Å². The van der Waals surface area contributed by atoms with Crippen molar-refractivity contribution < 1.29 is 58.2 Å². The molecule has 580 valence electrons. The van der Waals surface area contributed by atoms with Gasteiger partial charge in [0.2, 0.25) is 0 Å². The van der Waals surface area contributed by atoms with Crippen molar-refractivity contribution in [3.05, 3.63) is 53.1 Å². The van der Waals surface area contributed by atoms with E-state index in [2.05, 4.69) is 131 Å². The summed E-state index contributed by atoms with van der Waals surface area (Å²) < 4.78 is 36.7. The normalized spacial score (nSPS) is 45.8. The Hall–Kier alpha value is -2.09. The summed E-state index contributed by atoms with van der Waals surface area (Å²) in [5, 5.41) is 42.8. The van der Waals surface area contributed by atoms with Crippen LogP contribution >= 0.6 is 9.47 Å². The first-order chi connectivity index (χ1) is 48.8. The van der Waals surface area contributed by atoms with Gasteiger partial charge in [0.25, 0.3) is 0 Å². The van der Waals surface area contributed by atoms with Crippen LogP contribution < -0.4 is 4.74 Å². The summed E-state index contributed by atoms with van der Waals surface area (Å²) in [6, 6.07) is 8.34. The van der Waals surface area contributed by atoms with Gasteiger partial charge in [0.1, 0.15) is 17.3 Å². The van der Waals surface area contributed by atoms with Crippen LogP contribution in [0.2, 0.25) is 0 Å². The molecule has 2 heterocycles. The lowest BCUT2D eigenvalue weighted by molar-refractivity contribution is -0.230. The van der Waals surface area contributed by atoms with Crippen molar-refractivity contribution in [3.8, 4) is 5.75 Å². The van der Waals surface area contributed by atoms with Crippen LogP contribution in [0.15, 0.2) is 47.6 Å². The summed E-state index contributed by atoms with van der Waals surface area (Å²) in [6.45, 7) is 34.9. The molecule has 1 aromatic carbocycles. The summed E-state index contributed by atoms with van der Waals surface area (Å²) >= 11 is 0. The van der Waals surface area contributed by atoms with Crippen LogP contribution in [-0.2, 0) is 39.7 Å². The van der Waals surface area contributed by atoms with Gasteiger partial charge in [0, 0.05) is 51.9 Å². The fraction of sp³-hybridized carbons (Fsp3) is 0.867. The number of Topliss-reactive ketones (excluding diaryl/α,β-unsaturated/α-hetero) is 2. The first-order valence-electron chi connectivity index (χ1n) is 42.4. The monoisotopic (exact) mass is 1450 g/mol. The minimum Gasteiger partial charge on any atom is -0.497 e. The van der Waals surface area contributed by atoms with E-state index in [-0.39, 0.29) is 75.7 Å². The van der Waals surface area contributed by atoms with Crippen LogP contribution in [0.25, 0.3) is 0 Å². The number of methoxy groups -OCH3 is 1. The predicted molar refractivity (Wildman–Crippen MR) is 411 cm³/mol. The molecular weight excluding hydrogens is 1300 g/mol. The van der Waals surface area contributed by atoms with Crippen molar-refractivity contribution in [2.24, 2.45) is 144 Å². The van der Waals surface area contributed by atoms with Crippen LogP contribution in [0, 0.1) is 144 Å². The van der Waals surface area contributed by atoms with Crippen molar-refractivity contribution in [1.29, 1.82) is 0 Å². The Morgan fingerprint density at radius 2 is 1.24 bits per heavy atom. The molecule has 0 aromatic heterocycles. The maximum absolute atomic E-state index is 13.7. The van der Waals surface area contributed by atoms with E-state index in [4.69, 9.17) is 28.2 Å². The lowest BCUT2D eigenvalue weighted by Crippen LogP contribution is -2.55. The molecule has 0 amide bonds. The van der Waals surface area contributed by atoms with E-state index in [9.17, 15) is 30.0 Å². The lowest BCUT2D eigenvalue weighted by Gasteiger charge is -2.60. The van der Waals surface area contributed by atoms with E-state index in [1.807, 2.05) is 12.1 Å². The molecule has 12 aliphatic carbocycles. The number of rotatable bonds is 15. The zero-order valence-corrected chi connectivity index (χ0v) is 68.0. The molecule has 0 spiro atoms. The Labute approximate surface area is 625 Å². The van der Waals surface area contributed by atoms with Gasteiger partial charge in [-0.3, -0.25) is 9.59 Å². The van der Waals surface area contributed by atoms with Crippen LogP contribution in [0.5, 0.6) is 5.75 Å². The molecule has 2 saturated heterocycles. The molecule has 0 bridgehead atoms. The number of aliphatic hydroxyl groups is 4. The number of hydrogen-bond acceptors (Lipinski definition) is 12. The van der Waals surface area contributed by atoms with E-state index in [1.54, 1.807) is 12.7 Å². The van der Waals surface area contributed by atoms with Crippen molar-refractivity contribution in [2.45, 2.75) is 326 Å². The number of ether oxygens (including phenoxy) is 5. The molecule has 15 rings (SSSR count). The van der Waals surface area contributed by atoms with E-state index in [1.165, 1.54) is 56.1 Å². The van der Waals surface area contributed by atoms with Gasteiger partial charge >= 0.3 is 0 Å². The van der Waals surface area contributed by atoms with Gasteiger partial charge in [-0.25, -0.2) is 0 Å². The number of benzene rings is 1. The van der Waals surface area contributed by atoms with Crippen molar-refractivity contribution in [2.75, 3.05) is 20.3 Å². The molecule has 4 N–H and O–H groups in total. The Kier molecular flexibility index (Phi) is 23.7. The SMILES string of the molecule is CC(C)C1CC(O)OC(C(C)C2CC(=O)[C@H]3C4CCC5C[C@@H](O)CC[C@]5(C)C4CC[C@]23C)C1.COc1ccc(CO[C@@H]2CC(C(C)C(O)CC(CC3OCC(C)(C)CO3)C(C)C)[C@@]3(C)CCC4C(CC=C5C[C@@H](OP)CC[C@@]54C)C23)cc1.C[C@]12CC[C@H](O)CC1=CCC1C2CC[C@]2(C)C(=O)CCC12. The molecule has 2 aliphatic heterocycles. The van der Waals surface area contributed by atoms with Crippen LogP contribution in [0.1, 0.15) is 276 Å². The highest BCUT2D eigenvalue weighted by atomic mass is 31.0. The third-order valence-electron chi connectivity index (χ3n) is 34.2. The summed E-state index contributed by atoms with van der Waals surface area (Å²) in [7, 11) is 4.23. The van der Waals surface area contributed by atoms with Gasteiger partial charge in [-0.05, 0) is 293 Å². The van der Waals surface area contributed by atoms with Gasteiger partial charge in [-0.1, -0.05) is 132 Å². The summed E-state index contributed by atoms with van der Waals surface area (Å²) in [6.07, 6.45) is 32.4. The van der Waals surface area contributed by atoms with Gasteiger partial charge in [0.15, 0.2) is 12.6 Å². The molecule has 30 atom stereocenters. The van der Waals surface area contributed by atoms with Crippen LogP contribution in [0.4, 0.5) is 0 Å². The van der Waals surface area contributed by atoms with E-state index < -0.39 is 6.29 Å². The van der Waals surface area contributed by atoms with Crippen molar-refractivity contribution >= 4 is 21.0 Å². The highest BCUT2D eigenvalue weighted by molar-refractivity contribution is 7.09.